The van der Waals surface area contributed by atoms with E-state index in [4.69, 9.17) is 16.3 Å². The molecule has 2 aromatic rings. The molecule has 5 heteroatoms. The van der Waals surface area contributed by atoms with E-state index in [2.05, 4.69) is 26.9 Å². The van der Waals surface area contributed by atoms with Gasteiger partial charge in [0.15, 0.2) is 0 Å². The number of hydrogen-bond acceptors (Lipinski definition) is 4. The molecule has 2 aliphatic rings. The van der Waals surface area contributed by atoms with Crippen LogP contribution in [0.25, 0.3) is 10.9 Å². The molecule has 4 rings (SSSR count). The highest BCUT2D eigenvalue weighted by atomic mass is 35.5. The lowest BCUT2D eigenvalue weighted by Crippen LogP contribution is -2.43. The van der Waals surface area contributed by atoms with Crippen molar-refractivity contribution in [2.45, 2.75) is 12.8 Å². The summed E-state index contributed by atoms with van der Waals surface area (Å²) in [6.45, 7) is 7.44. The Kier molecular flexibility index (Phi) is 4.88. The molecule has 1 aromatic heterocycles. The second-order valence-corrected chi connectivity index (χ2v) is 7.27. The van der Waals surface area contributed by atoms with Crippen molar-refractivity contribution in [3.8, 4) is 0 Å². The third-order valence-electron chi connectivity index (χ3n) is 5.26. The van der Waals surface area contributed by atoms with Gasteiger partial charge in [-0.1, -0.05) is 11.6 Å². The Morgan fingerprint density at radius 3 is 2.67 bits per heavy atom. The Morgan fingerprint density at radius 1 is 1.08 bits per heavy atom. The Hall–Kier alpha value is -1.36. The summed E-state index contributed by atoms with van der Waals surface area (Å²) in [4.78, 5) is 9.53. The summed E-state index contributed by atoms with van der Waals surface area (Å²) in [6, 6.07) is 8.14. The number of pyridine rings is 1. The highest BCUT2D eigenvalue weighted by molar-refractivity contribution is 6.31. The van der Waals surface area contributed by atoms with E-state index in [-0.39, 0.29) is 0 Å². The third kappa shape index (κ3) is 3.51. The van der Waals surface area contributed by atoms with E-state index < -0.39 is 0 Å². The molecule has 0 unspecified atom stereocenters. The van der Waals surface area contributed by atoms with Crippen LogP contribution in [0.5, 0.6) is 0 Å². The lowest BCUT2D eigenvalue weighted by atomic mass is 9.95. The van der Waals surface area contributed by atoms with E-state index in [9.17, 15) is 0 Å². The number of ether oxygens (including phenoxy) is 1. The monoisotopic (exact) mass is 345 g/mol. The summed E-state index contributed by atoms with van der Waals surface area (Å²) in [5, 5.41) is 1.95. The van der Waals surface area contributed by atoms with Gasteiger partial charge in [-0.15, -0.1) is 0 Å². The minimum atomic E-state index is 0.747. The summed E-state index contributed by atoms with van der Waals surface area (Å²) in [5.41, 5.74) is 2.27. The highest BCUT2D eigenvalue weighted by Gasteiger charge is 2.23. The van der Waals surface area contributed by atoms with Gasteiger partial charge in [0.2, 0.25) is 0 Å². The smallest absolute Gasteiger partial charge is 0.0737 e. The lowest BCUT2D eigenvalue weighted by molar-refractivity contribution is 0.0289. The predicted molar refractivity (Wildman–Crippen MR) is 98.9 cm³/mol. The number of rotatable bonds is 3. The fourth-order valence-electron chi connectivity index (χ4n) is 3.89. The van der Waals surface area contributed by atoms with E-state index in [1.54, 1.807) is 0 Å². The summed E-state index contributed by atoms with van der Waals surface area (Å²) in [5.74, 6) is 0.807. The quantitative estimate of drug-likeness (QED) is 0.852. The van der Waals surface area contributed by atoms with Crippen molar-refractivity contribution in [1.29, 1.82) is 0 Å². The highest BCUT2D eigenvalue weighted by Crippen LogP contribution is 2.30. The van der Waals surface area contributed by atoms with E-state index in [1.165, 1.54) is 30.5 Å². The third-order valence-corrected chi connectivity index (χ3v) is 5.49. The molecule has 0 aliphatic carbocycles. The summed E-state index contributed by atoms with van der Waals surface area (Å²) in [7, 11) is 0. The van der Waals surface area contributed by atoms with Gasteiger partial charge < -0.3 is 9.64 Å². The Labute approximate surface area is 148 Å². The number of nitrogens with zero attached hydrogens (tertiary/aromatic N) is 3. The standard InChI is InChI=1S/C19H24ClN3O/c20-16-1-2-17-18(13-16)21-6-3-19(17)23-7-4-15(5-8-23)14-22-9-11-24-12-10-22/h1-3,6,13,15H,4-5,7-12,14H2. The normalized spacial score (nSPS) is 20.6. The van der Waals surface area contributed by atoms with Gasteiger partial charge in [-0.25, -0.2) is 0 Å². The first kappa shape index (κ1) is 16.1. The molecule has 128 valence electrons. The number of halogens is 1. The number of anilines is 1. The molecule has 0 atom stereocenters. The molecular weight excluding hydrogens is 322 g/mol. The van der Waals surface area contributed by atoms with Gasteiger partial charge in [-0.2, -0.15) is 0 Å². The number of morpholine rings is 1. The Bertz CT molecular complexity index is 694. The second kappa shape index (κ2) is 7.26. The first-order chi connectivity index (χ1) is 11.8. The van der Waals surface area contributed by atoms with Crippen LogP contribution in [0.2, 0.25) is 5.02 Å². The molecular formula is C19H24ClN3O. The van der Waals surface area contributed by atoms with Crippen LogP contribution in [-0.4, -0.2) is 55.8 Å². The van der Waals surface area contributed by atoms with Gasteiger partial charge in [-0.3, -0.25) is 9.88 Å². The number of hydrogen-bond donors (Lipinski definition) is 0. The van der Waals surface area contributed by atoms with Crippen molar-refractivity contribution in [1.82, 2.24) is 9.88 Å². The van der Waals surface area contributed by atoms with E-state index >= 15 is 0 Å². The molecule has 0 saturated carbocycles. The fourth-order valence-corrected chi connectivity index (χ4v) is 4.05. The van der Waals surface area contributed by atoms with Crippen molar-refractivity contribution in [3.63, 3.8) is 0 Å². The molecule has 2 aliphatic heterocycles. The SMILES string of the molecule is Clc1ccc2c(N3CCC(CN4CCOCC4)CC3)ccnc2c1. The van der Waals surface area contributed by atoms with Crippen molar-refractivity contribution < 1.29 is 4.74 Å². The molecule has 0 N–H and O–H groups in total. The summed E-state index contributed by atoms with van der Waals surface area (Å²) in [6.07, 6.45) is 4.41. The van der Waals surface area contributed by atoms with Crippen molar-refractivity contribution in [3.05, 3.63) is 35.5 Å². The van der Waals surface area contributed by atoms with Gasteiger partial charge in [0.1, 0.15) is 0 Å². The fraction of sp³-hybridized carbons (Fsp3) is 0.526. The molecule has 4 nitrogen and oxygen atoms in total. The zero-order valence-electron chi connectivity index (χ0n) is 14.0. The topological polar surface area (TPSA) is 28.6 Å². The van der Waals surface area contributed by atoms with Crippen molar-refractivity contribution >= 4 is 28.2 Å². The predicted octanol–water partition coefficient (Wildman–Crippen LogP) is 3.44. The maximum atomic E-state index is 6.10. The van der Waals surface area contributed by atoms with Crippen LogP contribution in [0.3, 0.4) is 0 Å². The van der Waals surface area contributed by atoms with Gasteiger partial charge in [0.05, 0.1) is 18.7 Å². The van der Waals surface area contributed by atoms with Crippen LogP contribution in [0.1, 0.15) is 12.8 Å². The van der Waals surface area contributed by atoms with Crippen LogP contribution >= 0.6 is 11.6 Å². The first-order valence-electron chi connectivity index (χ1n) is 8.89. The van der Waals surface area contributed by atoms with E-state index in [0.717, 1.165) is 55.9 Å². The van der Waals surface area contributed by atoms with Crippen LogP contribution in [0.15, 0.2) is 30.5 Å². The molecule has 0 bridgehead atoms. The summed E-state index contributed by atoms with van der Waals surface area (Å²) >= 11 is 6.10. The van der Waals surface area contributed by atoms with Gasteiger partial charge in [-0.05, 0) is 43.0 Å². The van der Waals surface area contributed by atoms with Gasteiger partial charge in [0, 0.05) is 55.0 Å². The molecule has 2 saturated heterocycles. The molecule has 0 radical (unpaired) electrons. The van der Waals surface area contributed by atoms with Crippen LogP contribution in [-0.2, 0) is 4.74 Å². The maximum Gasteiger partial charge on any atom is 0.0737 e. The first-order valence-corrected chi connectivity index (χ1v) is 9.27. The van der Waals surface area contributed by atoms with Crippen molar-refractivity contribution in [2.24, 2.45) is 5.92 Å². The molecule has 3 heterocycles. The largest absolute Gasteiger partial charge is 0.379 e. The Morgan fingerprint density at radius 2 is 1.88 bits per heavy atom. The maximum absolute atomic E-state index is 6.10. The molecule has 2 fully saturated rings. The number of fused-ring (bicyclic) bond motifs is 1. The number of benzene rings is 1. The van der Waals surface area contributed by atoms with Crippen molar-refractivity contribution in [2.75, 3.05) is 50.8 Å². The van der Waals surface area contributed by atoms with Crippen LogP contribution < -0.4 is 4.90 Å². The minimum absolute atomic E-state index is 0.747. The van der Waals surface area contributed by atoms with Gasteiger partial charge >= 0.3 is 0 Å². The van der Waals surface area contributed by atoms with E-state index in [1.807, 2.05) is 18.3 Å². The summed E-state index contributed by atoms with van der Waals surface area (Å²) < 4.78 is 5.45. The lowest BCUT2D eigenvalue weighted by Gasteiger charge is -2.37. The molecule has 0 amide bonds. The zero-order chi connectivity index (χ0) is 16.4. The minimum Gasteiger partial charge on any atom is -0.379 e. The van der Waals surface area contributed by atoms with Crippen LogP contribution in [0, 0.1) is 5.92 Å². The number of piperidine rings is 1. The molecule has 1 aromatic carbocycles. The second-order valence-electron chi connectivity index (χ2n) is 6.83. The van der Waals surface area contributed by atoms with Gasteiger partial charge in [0.25, 0.3) is 0 Å². The van der Waals surface area contributed by atoms with Crippen LogP contribution in [0.4, 0.5) is 5.69 Å². The Balaban J connectivity index is 1.42. The average Bonchev–Trinajstić information content (AvgIpc) is 2.62. The molecule has 24 heavy (non-hydrogen) atoms. The van der Waals surface area contributed by atoms with E-state index in [0.29, 0.717) is 0 Å². The average molecular weight is 346 g/mol. The molecule has 0 spiro atoms. The number of aromatic nitrogens is 1. The zero-order valence-corrected chi connectivity index (χ0v) is 14.7.